The van der Waals surface area contributed by atoms with Gasteiger partial charge < -0.3 is 19.8 Å². The average Bonchev–Trinajstić information content (AvgIpc) is 2.58. The number of carbonyl (C=O) groups is 1. The van der Waals surface area contributed by atoms with Gasteiger partial charge in [-0.25, -0.2) is 9.18 Å². The SMILES string of the molecule is COC(=O)OC1=C(C)Nc2cc[nH]c(=O)c2C1c1cccc(Cl)c1F. The molecule has 1 aliphatic rings. The van der Waals surface area contributed by atoms with Gasteiger partial charge in [0.2, 0.25) is 0 Å². The van der Waals surface area contributed by atoms with E-state index in [0.29, 0.717) is 11.4 Å². The molecule has 130 valence electrons. The third-order valence-corrected chi connectivity index (χ3v) is 4.19. The molecule has 6 nitrogen and oxygen atoms in total. The van der Waals surface area contributed by atoms with E-state index in [9.17, 15) is 14.0 Å². The van der Waals surface area contributed by atoms with E-state index in [0.717, 1.165) is 7.11 Å². The van der Waals surface area contributed by atoms with Gasteiger partial charge in [0.25, 0.3) is 5.56 Å². The molecule has 1 unspecified atom stereocenters. The molecule has 1 atom stereocenters. The summed E-state index contributed by atoms with van der Waals surface area (Å²) in [5.74, 6) is -1.58. The van der Waals surface area contributed by atoms with E-state index in [-0.39, 0.29) is 21.9 Å². The summed E-state index contributed by atoms with van der Waals surface area (Å²) in [4.78, 5) is 26.6. The standard InChI is InChI=1S/C17H14ClFN2O4/c1-8-15(25-17(23)24-2)12(9-4-3-5-10(18)14(9)19)13-11(21-8)6-7-20-16(13)22/h3-7,12,21H,1-2H3,(H,20,22). The Morgan fingerprint density at radius 2 is 2.08 bits per heavy atom. The van der Waals surface area contributed by atoms with Gasteiger partial charge in [-0.15, -0.1) is 0 Å². The highest BCUT2D eigenvalue weighted by molar-refractivity contribution is 6.30. The maximum absolute atomic E-state index is 14.7. The summed E-state index contributed by atoms with van der Waals surface area (Å²) in [6, 6.07) is 6.09. The number of nitrogens with one attached hydrogen (secondary N) is 2. The van der Waals surface area contributed by atoms with E-state index >= 15 is 0 Å². The summed E-state index contributed by atoms with van der Waals surface area (Å²) < 4.78 is 24.4. The minimum Gasteiger partial charge on any atom is -0.437 e. The van der Waals surface area contributed by atoms with E-state index in [1.165, 1.54) is 18.3 Å². The van der Waals surface area contributed by atoms with Crippen molar-refractivity contribution in [3.05, 3.63) is 74.2 Å². The first-order valence-electron chi connectivity index (χ1n) is 7.33. The number of ether oxygens (including phenoxy) is 2. The van der Waals surface area contributed by atoms with Crippen LogP contribution in [0.1, 0.15) is 24.0 Å². The molecule has 0 spiro atoms. The van der Waals surface area contributed by atoms with Gasteiger partial charge in [-0.05, 0) is 19.1 Å². The Bertz CT molecular complexity index is 938. The van der Waals surface area contributed by atoms with Gasteiger partial charge in [-0.1, -0.05) is 23.7 Å². The Labute approximate surface area is 147 Å². The zero-order chi connectivity index (χ0) is 18.1. The van der Waals surface area contributed by atoms with Crippen LogP contribution in [0.25, 0.3) is 0 Å². The Morgan fingerprint density at radius 1 is 1.32 bits per heavy atom. The third-order valence-electron chi connectivity index (χ3n) is 3.89. The van der Waals surface area contributed by atoms with Crippen molar-refractivity contribution in [3.8, 4) is 0 Å². The number of aromatic amines is 1. The number of methoxy groups -OCH3 is 1. The van der Waals surface area contributed by atoms with Crippen LogP contribution in [-0.4, -0.2) is 18.2 Å². The van der Waals surface area contributed by atoms with Crippen molar-refractivity contribution in [3.63, 3.8) is 0 Å². The fourth-order valence-corrected chi connectivity index (χ4v) is 2.99. The van der Waals surface area contributed by atoms with Crippen LogP contribution in [0.2, 0.25) is 5.02 Å². The van der Waals surface area contributed by atoms with Crippen molar-refractivity contribution in [2.45, 2.75) is 12.8 Å². The number of hydrogen-bond acceptors (Lipinski definition) is 5. The highest BCUT2D eigenvalue weighted by Crippen LogP contribution is 2.42. The Kier molecular flexibility index (Phi) is 4.50. The van der Waals surface area contributed by atoms with E-state index in [1.54, 1.807) is 19.1 Å². The van der Waals surface area contributed by atoms with Gasteiger partial charge in [0.05, 0.1) is 29.3 Å². The first-order valence-corrected chi connectivity index (χ1v) is 7.71. The van der Waals surface area contributed by atoms with Crippen LogP contribution in [0.3, 0.4) is 0 Å². The molecule has 0 fully saturated rings. The van der Waals surface area contributed by atoms with Crippen LogP contribution in [0, 0.1) is 5.82 Å². The van der Waals surface area contributed by atoms with Gasteiger partial charge in [-0.3, -0.25) is 4.79 Å². The molecule has 8 heteroatoms. The highest BCUT2D eigenvalue weighted by Gasteiger charge is 2.35. The van der Waals surface area contributed by atoms with E-state index in [1.807, 2.05) is 0 Å². The van der Waals surface area contributed by atoms with Crippen LogP contribution >= 0.6 is 11.6 Å². The fraction of sp³-hybridized carbons (Fsp3) is 0.176. The van der Waals surface area contributed by atoms with Crippen LogP contribution in [0.4, 0.5) is 14.9 Å². The molecular formula is C17H14ClFN2O4. The van der Waals surface area contributed by atoms with Crippen molar-refractivity contribution in [2.75, 3.05) is 12.4 Å². The number of halogens is 2. The van der Waals surface area contributed by atoms with Crippen LogP contribution in [-0.2, 0) is 9.47 Å². The van der Waals surface area contributed by atoms with Gasteiger partial charge in [0.15, 0.2) is 0 Å². The molecule has 0 saturated heterocycles. The molecule has 0 saturated carbocycles. The molecular weight excluding hydrogens is 351 g/mol. The molecule has 0 radical (unpaired) electrons. The van der Waals surface area contributed by atoms with Crippen molar-refractivity contribution < 1.29 is 18.7 Å². The first-order chi connectivity index (χ1) is 11.9. The topological polar surface area (TPSA) is 80.4 Å². The summed E-state index contributed by atoms with van der Waals surface area (Å²) in [5, 5.41) is 2.89. The van der Waals surface area contributed by atoms with Gasteiger partial charge in [-0.2, -0.15) is 0 Å². The number of aromatic nitrogens is 1. The molecule has 1 aromatic carbocycles. The van der Waals surface area contributed by atoms with Crippen molar-refractivity contribution in [1.82, 2.24) is 4.98 Å². The lowest BCUT2D eigenvalue weighted by atomic mass is 9.86. The molecule has 0 bridgehead atoms. The normalized spacial score (nSPS) is 16.1. The Balaban J connectivity index is 2.27. The lowest BCUT2D eigenvalue weighted by Gasteiger charge is -2.29. The molecule has 0 aliphatic carbocycles. The lowest BCUT2D eigenvalue weighted by molar-refractivity contribution is 0.0927. The van der Waals surface area contributed by atoms with E-state index < -0.39 is 23.4 Å². The second-order valence-corrected chi connectivity index (χ2v) is 5.79. The predicted octanol–water partition coefficient (Wildman–Crippen LogP) is 3.74. The zero-order valence-electron chi connectivity index (χ0n) is 13.4. The molecule has 2 N–H and O–H groups in total. The maximum Gasteiger partial charge on any atom is 0.513 e. The number of carbonyl (C=O) groups excluding carboxylic acids is 1. The number of H-pyrrole nitrogens is 1. The smallest absolute Gasteiger partial charge is 0.437 e. The monoisotopic (exact) mass is 364 g/mol. The average molecular weight is 365 g/mol. The van der Waals surface area contributed by atoms with E-state index in [4.69, 9.17) is 16.3 Å². The van der Waals surface area contributed by atoms with E-state index in [2.05, 4.69) is 15.0 Å². The highest BCUT2D eigenvalue weighted by atomic mass is 35.5. The summed E-state index contributed by atoms with van der Waals surface area (Å²) in [6.07, 6.45) is 0.498. The van der Waals surface area contributed by atoms with Crippen molar-refractivity contribution >= 4 is 23.4 Å². The molecule has 2 heterocycles. The number of allylic oxidation sites excluding steroid dienone is 2. The third kappa shape index (κ3) is 2.98. The molecule has 0 amide bonds. The first kappa shape index (κ1) is 17.0. The molecule has 25 heavy (non-hydrogen) atoms. The second kappa shape index (κ2) is 6.60. The number of benzene rings is 1. The van der Waals surface area contributed by atoms with Gasteiger partial charge in [0.1, 0.15) is 11.6 Å². The maximum atomic E-state index is 14.7. The summed E-state index contributed by atoms with van der Waals surface area (Å²) in [6.45, 7) is 1.65. The summed E-state index contributed by atoms with van der Waals surface area (Å²) in [5.41, 5.74) is 0.835. The van der Waals surface area contributed by atoms with Crippen LogP contribution in [0.15, 0.2) is 46.7 Å². The predicted molar refractivity (Wildman–Crippen MR) is 90.1 cm³/mol. The van der Waals surface area contributed by atoms with Gasteiger partial charge in [0, 0.05) is 17.4 Å². The number of fused-ring (bicyclic) bond motifs is 1. The Hall–Kier alpha value is -2.80. The number of rotatable bonds is 2. The quantitative estimate of drug-likeness (QED) is 0.793. The van der Waals surface area contributed by atoms with Crippen LogP contribution in [0.5, 0.6) is 0 Å². The largest absolute Gasteiger partial charge is 0.513 e. The molecule has 2 aromatic rings. The minimum absolute atomic E-state index is 0.0669. The van der Waals surface area contributed by atoms with Crippen molar-refractivity contribution in [2.24, 2.45) is 0 Å². The van der Waals surface area contributed by atoms with Crippen molar-refractivity contribution in [1.29, 1.82) is 0 Å². The Morgan fingerprint density at radius 3 is 2.80 bits per heavy atom. The number of hydrogen-bond donors (Lipinski definition) is 2. The van der Waals surface area contributed by atoms with Gasteiger partial charge >= 0.3 is 6.16 Å². The number of pyridine rings is 1. The summed E-state index contributed by atoms with van der Waals surface area (Å²) >= 11 is 5.89. The summed E-state index contributed by atoms with van der Waals surface area (Å²) in [7, 11) is 1.16. The lowest BCUT2D eigenvalue weighted by Crippen LogP contribution is -2.28. The molecule has 1 aromatic heterocycles. The van der Waals surface area contributed by atoms with Crippen LogP contribution < -0.4 is 10.9 Å². The zero-order valence-corrected chi connectivity index (χ0v) is 14.1. The fourth-order valence-electron chi connectivity index (χ4n) is 2.80. The molecule has 1 aliphatic heterocycles. The number of anilines is 1. The molecule has 3 rings (SSSR count). The second-order valence-electron chi connectivity index (χ2n) is 5.38. The minimum atomic E-state index is -0.973.